The third-order valence-corrected chi connectivity index (χ3v) is 3.86. The molecule has 0 aromatic heterocycles. The Morgan fingerprint density at radius 2 is 1.94 bits per heavy atom. The second-order valence-electron chi connectivity index (χ2n) is 5.12. The first-order valence-corrected chi connectivity index (χ1v) is 6.45. The summed E-state index contributed by atoms with van der Waals surface area (Å²) >= 11 is 0. The smallest absolute Gasteiger partial charge is 0.326 e. The van der Waals surface area contributed by atoms with E-state index in [1.54, 1.807) is 0 Å². The summed E-state index contributed by atoms with van der Waals surface area (Å²) in [5, 5.41) is 9.18. The van der Waals surface area contributed by atoms with Crippen LogP contribution in [0.15, 0.2) is 0 Å². The SMILES string of the molecule is NC1(C(=O)N2CCCCC2C(=O)O)CCOCC1. The van der Waals surface area contributed by atoms with Gasteiger partial charge in [0.25, 0.3) is 0 Å². The fourth-order valence-corrected chi connectivity index (χ4v) is 2.67. The summed E-state index contributed by atoms with van der Waals surface area (Å²) in [6, 6.07) is -0.713. The number of carbonyl (C=O) groups is 2. The van der Waals surface area contributed by atoms with Crippen LogP contribution >= 0.6 is 0 Å². The molecule has 6 nitrogen and oxygen atoms in total. The van der Waals surface area contributed by atoms with Crippen LogP contribution in [-0.2, 0) is 14.3 Å². The molecule has 6 heteroatoms. The van der Waals surface area contributed by atoms with E-state index in [4.69, 9.17) is 10.5 Å². The largest absolute Gasteiger partial charge is 0.480 e. The lowest BCUT2D eigenvalue weighted by Gasteiger charge is -2.41. The molecule has 0 bridgehead atoms. The van der Waals surface area contributed by atoms with Crippen molar-refractivity contribution >= 4 is 11.9 Å². The number of ether oxygens (including phenoxy) is 1. The van der Waals surface area contributed by atoms with Gasteiger partial charge in [0.15, 0.2) is 0 Å². The van der Waals surface area contributed by atoms with E-state index in [0.717, 1.165) is 12.8 Å². The fourth-order valence-electron chi connectivity index (χ4n) is 2.67. The highest BCUT2D eigenvalue weighted by Gasteiger charge is 2.43. The number of carbonyl (C=O) groups excluding carboxylic acids is 1. The van der Waals surface area contributed by atoms with Gasteiger partial charge in [0, 0.05) is 19.8 Å². The van der Waals surface area contributed by atoms with Crippen LogP contribution < -0.4 is 5.73 Å². The molecule has 2 rings (SSSR count). The van der Waals surface area contributed by atoms with E-state index < -0.39 is 17.6 Å². The van der Waals surface area contributed by atoms with Crippen molar-refractivity contribution in [2.24, 2.45) is 5.73 Å². The highest BCUT2D eigenvalue weighted by Crippen LogP contribution is 2.25. The lowest BCUT2D eigenvalue weighted by molar-refractivity contribution is -0.156. The average molecular weight is 256 g/mol. The first kappa shape index (κ1) is 13.3. The Labute approximate surface area is 106 Å². The van der Waals surface area contributed by atoms with Crippen LogP contribution in [0.25, 0.3) is 0 Å². The van der Waals surface area contributed by atoms with Gasteiger partial charge in [-0.25, -0.2) is 4.79 Å². The van der Waals surface area contributed by atoms with Crippen molar-refractivity contribution < 1.29 is 19.4 Å². The van der Waals surface area contributed by atoms with E-state index in [0.29, 0.717) is 39.0 Å². The Bertz CT molecular complexity index is 339. The molecule has 0 radical (unpaired) electrons. The Morgan fingerprint density at radius 3 is 2.56 bits per heavy atom. The molecule has 0 aliphatic carbocycles. The molecular formula is C12H20N2O4. The topological polar surface area (TPSA) is 92.9 Å². The van der Waals surface area contributed by atoms with Crippen LogP contribution in [0, 0.1) is 0 Å². The number of carboxylic acid groups (broad SMARTS) is 1. The van der Waals surface area contributed by atoms with E-state index >= 15 is 0 Å². The maximum Gasteiger partial charge on any atom is 0.326 e. The monoisotopic (exact) mass is 256 g/mol. The third-order valence-electron chi connectivity index (χ3n) is 3.86. The van der Waals surface area contributed by atoms with Gasteiger partial charge in [0.05, 0.1) is 5.54 Å². The minimum Gasteiger partial charge on any atom is -0.480 e. The number of piperidine rings is 1. The van der Waals surface area contributed by atoms with Crippen molar-refractivity contribution in [1.82, 2.24) is 4.90 Å². The molecule has 2 saturated heterocycles. The van der Waals surface area contributed by atoms with Crippen molar-refractivity contribution in [3.8, 4) is 0 Å². The zero-order valence-electron chi connectivity index (χ0n) is 10.4. The summed E-state index contributed by atoms with van der Waals surface area (Å²) in [6.07, 6.45) is 3.15. The van der Waals surface area contributed by atoms with Crippen LogP contribution in [0.5, 0.6) is 0 Å². The quantitative estimate of drug-likeness (QED) is 0.723. The number of hydrogen-bond acceptors (Lipinski definition) is 4. The molecular weight excluding hydrogens is 236 g/mol. The molecule has 0 aromatic rings. The molecule has 1 amide bonds. The number of carboxylic acids is 1. The summed E-state index contributed by atoms with van der Waals surface area (Å²) < 4.78 is 5.21. The predicted molar refractivity (Wildman–Crippen MR) is 64.0 cm³/mol. The van der Waals surface area contributed by atoms with Gasteiger partial charge in [-0.15, -0.1) is 0 Å². The summed E-state index contributed by atoms with van der Waals surface area (Å²) in [6.45, 7) is 1.43. The van der Waals surface area contributed by atoms with Crippen LogP contribution in [0.3, 0.4) is 0 Å². The van der Waals surface area contributed by atoms with Crippen LogP contribution in [0.1, 0.15) is 32.1 Å². The minimum absolute atomic E-state index is 0.224. The number of nitrogens with two attached hydrogens (primary N) is 1. The molecule has 3 N–H and O–H groups in total. The second-order valence-corrected chi connectivity index (χ2v) is 5.12. The first-order chi connectivity index (χ1) is 8.54. The van der Waals surface area contributed by atoms with Gasteiger partial charge < -0.3 is 20.5 Å². The van der Waals surface area contributed by atoms with Gasteiger partial charge >= 0.3 is 5.97 Å². The number of nitrogens with zero attached hydrogens (tertiary/aromatic N) is 1. The molecule has 1 atom stereocenters. The van der Waals surface area contributed by atoms with Crippen molar-refractivity contribution in [3.63, 3.8) is 0 Å². The first-order valence-electron chi connectivity index (χ1n) is 6.45. The summed E-state index contributed by atoms with van der Waals surface area (Å²) in [5.41, 5.74) is 5.19. The number of rotatable bonds is 2. The van der Waals surface area contributed by atoms with E-state index in [-0.39, 0.29) is 5.91 Å². The minimum atomic E-state index is -0.941. The van der Waals surface area contributed by atoms with Crippen LogP contribution in [0.4, 0.5) is 0 Å². The molecule has 102 valence electrons. The van der Waals surface area contributed by atoms with E-state index in [9.17, 15) is 14.7 Å². The molecule has 0 aromatic carbocycles. The zero-order valence-corrected chi connectivity index (χ0v) is 10.4. The lowest BCUT2D eigenvalue weighted by Crippen LogP contribution is -2.62. The molecule has 2 aliphatic rings. The number of hydrogen-bond donors (Lipinski definition) is 2. The number of likely N-dealkylation sites (tertiary alicyclic amines) is 1. The van der Waals surface area contributed by atoms with Gasteiger partial charge in [0.1, 0.15) is 6.04 Å². The third kappa shape index (κ3) is 2.49. The summed E-state index contributed by atoms with van der Waals surface area (Å²) in [7, 11) is 0. The maximum atomic E-state index is 12.5. The van der Waals surface area contributed by atoms with Crippen molar-refractivity contribution in [1.29, 1.82) is 0 Å². The fraction of sp³-hybridized carbons (Fsp3) is 0.833. The molecule has 0 saturated carbocycles. The van der Waals surface area contributed by atoms with E-state index in [2.05, 4.69) is 0 Å². The Morgan fingerprint density at radius 1 is 1.28 bits per heavy atom. The molecule has 2 fully saturated rings. The van der Waals surface area contributed by atoms with E-state index in [1.807, 2.05) is 0 Å². The van der Waals surface area contributed by atoms with Crippen LogP contribution in [0.2, 0.25) is 0 Å². The highest BCUT2D eigenvalue weighted by molar-refractivity contribution is 5.90. The lowest BCUT2D eigenvalue weighted by atomic mass is 9.88. The Kier molecular flexibility index (Phi) is 3.87. The zero-order chi connectivity index (χ0) is 13.2. The van der Waals surface area contributed by atoms with Crippen molar-refractivity contribution in [2.75, 3.05) is 19.8 Å². The van der Waals surface area contributed by atoms with E-state index in [1.165, 1.54) is 4.90 Å². The van der Waals surface area contributed by atoms with Crippen molar-refractivity contribution in [3.05, 3.63) is 0 Å². The molecule has 2 heterocycles. The molecule has 1 unspecified atom stereocenters. The average Bonchev–Trinajstić information content (AvgIpc) is 2.38. The van der Waals surface area contributed by atoms with Gasteiger partial charge in [-0.05, 0) is 32.1 Å². The maximum absolute atomic E-state index is 12.5. The highest BCUT2D eigenvalue weighted by atomic mass is 16.5. The van der Waals surface area contributed by atoms with Gasteiger partial charge in [0.2, 0.25) is 5.91 Å². The number of aliphatic carboxylic acids is 1. The standard InChI is InChI=1S/C12H20N2O4/c13-12(4-7-18-8-5-12)11(17)14-6-2-1-3-9(14)10(15)16/h9H,1-8,13H2,(H,15,16). The summed E-state index contributed by atoms with van der Waals surface area (Å²) in [5.74, 6) is -1.16. The van der Waals surface area contributed by atoms with Crippen molar-refractivity contribution in [2.45, 2.75) is 43.7 Å². The Hall–Kier alpha value is -1.14. The predicted octanol–water partition coefficient (Wildman–Crippen LogP) is -0.0400. The van der Waals surface area contributed by atoms with Crippen LogP contribution in [-0.4, -0.2) is 53.2 Å². The normalized spacial score (nSPS) is 27.8. The second kappa shape index (κ2) is 5.24. The van der Waals surface area contributed by atoms with Gasteiger partial charge in [-0.2, -0.15) is 0 Å². The Balaban J connectivity index is 2.12. The molecule has 2 aliphatic heterocycles. The van der Waals surface area contributed by atoms with Gasteiger partial charge in [-0.3, -0.25) is 4.79 Å². The molecule has 18 heavy (non-hydrogen) atoms. The van der Waals surface area contributed by atoms with Gasteiger partial charge in [-0.1, -0.05) is 0 Å². The summed E-state index contributed by atoms with van der Waals surface area (Å²) in [4.78, 5) is 25.1. The number of amides is 1. The molecule has 0 spiro atoms.